The lowest BCUT2D eigenvalue weighted by Crippen LogP contribution is -2.08. The molecule has 0 fully saturated rings. The maximum Gasteiger partial charge on any atom is 0.298 e. The van der Waals surface area contributed by atoms with Gasteiger partial charge in [0.25, 0.3) is 14.2 Å². The minimum absolute atomic E-state index is 0.423. The molecule has 7 heteroatoms. The van der Waals surface area contributed by atoms with Crippen molar-refractivity contribution in [2.45, 2.75) is 31.8 Å². The van der Waals surface area contributed by atoms with Gasteiger partial charge in [0, 0.05) is 10.7 Å². The van der Waals surface area contributed by atoms with E-state index in [4.69, 9.17) is 10.7 Å². The molecule has 0 spiro atoms. The molecule has 14 heavy (non-hydrogen) atoms. The predicted molar refractivity (Wildman–Crippen MR) is 51.6 cm³/mol. The van der Waals surface area contributed by atoms with Crippen molar-refractivity contribution in [2.75, 3.05) is 0 Å². The summed E-state index contributed by atoms with van der Waals surface area (Å²) in [4.78, 5) is 3.84. The highest BCUT2D eigenvalue weighted by atomic mass is 35.7. The fourth-order valence-electron chi connectivity index (χ4n) is 1.02. The Hall–Kier alpha value is -0.750. The molecule has 78 valence electrons. The van der Waals surface area contributed by atoms with Gasteiger partial charge in [0.15, 0.2) is 0 Å². The monoisotopic (exact) mass is 235 g/mol. The van der Waals surface area contributed by atoms with Crippen LogP contribution in [0.4, 0.5) is 0 Å². The standard InChI is InChI=1S/C7H10ClN3O2S/c1-3-5-6(4-2)10-11-7(9-5)14(8,12)13/h3-4H2,1-2H3. The van der Waals surface area contributed by atoms with Crippen molar-refractivity contribution in [3.8, 4) is 0 Å². The van der Waals surface area contributed by atoms with E-state index in [-0.39, 0.29) is 0 Å². The smallest absolute Gasteiger partial charge is 0.219 e. The molecule has 0 N–H and O–H groups in total. The molecule has 0 atom stereocenters. The third kappa shape index (κ3) is 2.39. The average molecular weight is 236 g/mol. The normalized spacial score (nSPS) is 11.6. The van der Waals surface area contributed by atoms with Crippen molar-refractivity contribution in [3.63, 3.8) is 0 Å². The first-order valence-corrected chi connectivity index (χ1v) is 6.47. The summed E-state index contributed by atoms with van der Waals surface area (Å²) >= 11 is 0. The summed E-state index contributed by atoms with van der Waals surface area (Å²) in [6.45, 7) is 3.77. The highest BCUT2D eigenvalue weighted by Crippen LogP contribution is 2.11. The summed E-state index contributed by atoms with van der Waals surface area (Å²) in [5, 5.41) is 6.78. The summed E-state index contributed by atoms with van der Waals surface area (Å²) in [6, 6.07) is 0. The number of aryl methyl sites for hydroxylation is 2. The molecule has 0 saturated heterocycles. The average Bonchev–Trinajstić information content (AvgIpc) is 2.15. The molecule has 0 aliphatic carbocycles. The van der Waals surface area contributed by atoms with Gasteiger partial charge < -0.3 is 0 Å². The Morgan fingerprint density at radius 2 is 1.71 bits per heavy atom. The third-order valence-corrected chi connectivity index (χ3v) is 2.73. The van der Waals surface area contributed by atoms with Gasteiger partial charge in [0.2, 0.25) is 0 Å². The molecule has 1 aromatic rings. The molecule has 0 saturated carbocycles. The summed E-state index contributed by atoms with van der Waals surface area (Å²) in [5.41, 5.74) is 1.33. The highest BCUT2D eigenvalue weighted by Gasteiger charge is 2.16. The van der Waals surface area contributed by atoms with E-state index in [1.165, 1.54) is 0 Å². The molecule has 1 aromatic heterocycles. The Kier molecular flexibility index (Phi) is 3.38. The van der Waals surface area contributed by atoms with Gasteiger partial charge in [-0.25, -0.2) is 13.4 Å². The van der Waals surface area contributed by atoms with Crippen LogP contribution in [0.5, 0.6) is 0 Å². The Balaban J connectivity index is 3.28. The number of halogens is 1. The first-order valence-electron chi connectivity index (χ1n) is 4.16. The predicted octanol–water partition coefficient (Wildman–Crippen LogP) is 0.924. The first kappa shape index (κ1) is 11.3. The second-order valence-electron chi connectivity index (χ2n) is 2.63. The van der Waals surface area contributed by atoms with E-state index in [9.17, 15) is 8.42 Å². The van der Waals surface area contributed by atoms with E-state index >= 15 is 0 Å². The van der Waals surface area contributed by atoms with Crippen LogP contribution in [0.3, 0.4) is 0 Å². The third-order valence-electron chi connectivity index (χ3n) is 1.71. The molecule has 0 unspecified atom stereocenters. The second-order valence-corrected chi connectivity index (χ2v) is 5.09. The van der Waals surface area contributed by atoms with Gasteiger partial charge in [0.1, 0.15) is 0 Å². The molecule has 0 radical (unpaired) electrons. The number of hydrogen-bond acceptors (Lipinski definition) is 5. The van der Waals surface area contributed by atoms with E-state index < -0.39 is 14.2 Å². The van der Waals surface area contributed by atoms with Crippen LogP contribution in [0.25, 0.3) is 0 Å². The van der Waals surface area contributed by atoms with Crippen molar-refractivity contribution in [3.05, 3.63) is 11.4 Å². The van der Waals surface area contributed by atoms with Crippen LogP contribution < -0.4 is 0 Å². The Labute approximate surface area is 87.0 Å². The molecule has 0 aliphatic rings. The van der Waals surface area contributed by atoms with Gasteiger partial charge in [0.05, 0.1) is 11.4 Å². The Bertz CT molecular complexity index is 433. The molecular weight excluding hydrogens is 226 g/mol. The lowest BCUT2D eigenvalue weighted by Gasteiger charge is -2.02. The minimum Gasteiger partial charge on any atom is -0.219 e. The van der Waals surface area contributed by atoms with Gasteiger partial charge in [-0.2, -0.15) is 5.10 Å². The minimum atomic E-state index is -3.87. The molecule has 1 rings (SSSR count). The lowest BCUT2D eigenvalue weighted by molar-refractivity contribution is 0.593. The van der Waals surface area contributed by atoms with Crippen molar-refractivity contribution in [1.29, 1.82) is 0 Å². The number of nitrogens with zero attached hydrogens (tertiary/aromatic N) is 3. The topological polar surface area (TPSA) is 72.8 Å². The van der Waals surface area contributed by atoms with Gasteiger partial charge >= 0.3 is 0 Å². The van der Waals surface area contributed by atoms with E-state index in [2.05, 4.69) is 15.2 Å². The zero-order chi connectivity index (χ0) is 10.8. The molecule has 1 heterocycles. The summed E-state index contributed by atoms with van der Waals surface area (Å²) in [5.74, 6) is 0. The molecule has 0 amide bonds. The highest BCUT2D eigenvalue weighted by molar-refractivity contribution is 8.13. The van der Waals surface area contributed by atoms with Crippen LogP contribution in [0, 0.1) is 0 Å². The van der Waals surface area contributed by atoms with E-state index in [0.29, 0.717) is 24.2 Å². The number of hydrogen-bond donors (Lipinski definition) is 0. The van der Waals surface area contributed by atoms with Crippen LogP contribution in [-0.4, -0.2) is 23.6 Å². The van der Waals surface area contributed by atoms with Gasteiger partial charge in [-0.15, -0.1) is 5.10 Å². The molecule has 0 aliphatic heterocycles. The van der Waals surface area contributed by atoms with Crippen molar-refractivity contribution < 1.29 is 8.42 Å². The maximum absolute atomic E-state index is 10.9. The second kappa shape index (κ2) is 4.18. The Morgan fingerprint density at radius 1 is 1.14 bits per heavy atom. The van der Waals surface area contributed by atoms with E-state index in [1.54, 1.807) is 0 Å². The van der Waals surface area contributed by atoms with Gasteiger partial charge in [-0.3, -0.25) is 0 Å². The number of rotatable bonds is 3. The van der Waals surface area contributed by atoms with Gasteiger partial charge in [-0.1, -0.05) is 13.8 Å². The van der Waals surface area contributed by atoms with Gasteiger partial charge in [-0.05, 0) is 12.8 Å². The Morgan fingerprint density at radius 3 is 2.14 bits per heavy atom. The van der Waals surface area contributed by atoms with Crippen LogP contribution in [0.2, 0.25) is 0 Å². The summed E-state index contributed by atoms with van der Waals surface area (Å²) in [6.07, 6.45) is 1.28. The van der Waals surface area contributed by atoms with E-state index in [0.717, 1.165) is 0 Å². The zero-order valence-electron chi connectivity index (χ0n) is 7.86. The van der Waals surface area contributed by atoms with Crippen LogP contribution >= 0.6 is 10.7 Å². The van der Waals surface area contributed by atoms with Crippen LogP contribution in [-0.2, 0) is 21.9 Å². The van der Waals surface area contributed by atoms with E-state index in [1.807, 2.05) is 13.8 Å². The van der Waals surface area contributed by atoms with Crippen molar-refractivity contribution in [1.82, 2.24) is 15.2 Å². The van der Waals surface area contributed by atoms with Crippen LogP contribution in [0.1, 0.15) is 25.2 Å². The van der Waals surface area contributed by atoms with Crippen molar-refractivity contribution >= 4 is 19.7 Å². The summed E-state index contributed by atoms with van der Waals surface area (Å²) < 4.78 is 21.8. The lowest BCUT2D eigenvalue weighted by atomic mass is 10.2. The first-order chi connectivity index (χ1) is 6.49. The fraction of sp³-hybridized carbons (Fsp3) is 0.571. The molecule has 0 bridgehead atoms. The molecular formula is C7H10ClN3O2S. The number of aromatic nitrogens is 3. The quantitative estimate of drug-likeness (QED) is 0.729. The molecule has 0 aromatic carbocycles. The zero-order valence-corrected chi connectivity index (χ0v) is 9.43. The van der Waals surface area contributed by atoms with Crippen molar-refractivity contribution in [2.24, 2.45) is 0 Å². The summed E-state index contributed by atoms with van der Waals surface area (Å²) in [7, 11) is 1.22. The maximum atomic E-state index is 10.9. The fourth-order valence-corrected chi connectivity index (χ4v) is 1.58. The SMILES string of the molecule is CCc1nnc(S(=O)(=O)Cl)nc1CC. The largest absolute Gasteiger partial charge is 0.298 e. The molecule has 5 nitrogen and oxygen atoms in total. The van der Waals surface area contributed by atoms with Crippen LogP contribution in [0.15, 0.2) is 5.16 Å².